The number of benzene rings is 2. The molecule has 40 heavy (non-hydrogen) atoms. The number of amides is 1. The van der Waals surface area contributed by atoms with E-state index < -0.39 is 28.8 Å². The summed E-state index contributed by atoms with van der Waals surface area (Å²) in [5, 5.41) is 17.2. The third kappa shape index (κ3) is 5.51. The number of rotatable bonds is 7. The zero-order valence-corrected chi connectivity index (χ0v) is 22.1. The Morgan fingerprint density at radius 3 is 2.60 bits per heavy atom. The van der Waals surface area contributed by atoms with E-state index in [-0.39, 0.29) is 23.7 Å². The molecule has 3 atom stereocenters. The number of hydrogen-bond donors (Lipinski definition) is 4. The zero-order valence-electron chi connectivity index (χ0n) is 22.1. The molecule has 2 aromatic carbocycles. The average Bonchev–Trinajstić information content (AvgIpc) is 3.27. The van der Waals surface area contributed by atoms with Gasteiger partial charge in [-0.05, 0) is 36.6 Å². The maximum Gasteiger partial charge on any atom is 0.276 e. The fourth-order valence-corrected chi connectivity index (χ4v) is 5.26. The Labute approximate surface area is 229 Å². The SMILES string of the molecule is C[C@@H]1CN(c2c(NC(=O)c3ccc(=O)n(-c4c(F)cccc4F)n3)ccc([NH2+][C@@H]3CCCOC3)c2C=N)C[C@@H]1N. The highest BCUT2D eigenvalue weighted by atomic mass is 19.1. The van der Waals surface area contributed by atoms with Gasteiger partial charge in [-0.2, -0.15) is 9.78 Å². The minimum absolute atomic E-state index is 0.0811. The Bertz CT molecular complexity index is 1460. The average molecular weight is 553 g/mol. The molecule has 1 aromatic heterocycles. The summed E-state index contributed by atoms with van der Waals surface area (Å²) < 4.78 is 34.9. The molecule has 0 spiro atoms. The molecule has 210 valence electrons. The van der Waals surface area contributed by atoms with Gasteiger partial charge in [-0.25, -0.2) is 8.78 Å². The van der Waals surface area contributed by atoms with Gasteiger partial charge in [-0.3, -0.25) is 9.59 Å². The van der Waals surface area contributed by atoms with Gasteiger partial charge in [-0.15, -0.1) is 0 Å². The summed E-state index contributed by atoms with van der Waals surface area (Å²) in [6.07, 6.45) is 3.22. The number of carbonyl (C=O) groups excluding carboxylic acids is 1. The fraction of sp³-hybridized carbons (Fsp3) is 0.357. The normalized spacial score (nSPS) is 20.9. The topological polar surface area (TPSA) is 143 Å². The number of ether oxygens (including phenoxy) is 1. The van der Waals surface area contributed by atoms with E-state index in [9.17, 15) is 18.4 Å². The molecule has 2 aliphatic heterocycles. The molecule has 10 nitrogen and oxygen atoms in total. The van der Waals surface area contributed by atoms with E-state index in [4.69, 9.17) is 15.9 Å². The first-order valence-electron chi connectivity index (χ1n) is 13.2. The molecule has 0 aliphatic carbocycles. The summed E-state index contributed by atoms with van der Waals surface area (Å²) in [5.74, 6) is -2.46. The number of anilines is 2. The third-order valence-corrected chi connectivity index (χ3v) is 7.42. The van der Waals surface area contributed by atoms with Crippen molar-refractivity contribution in [3.8, 4) is 5.69 Å². The number of carbonyl (C=O) groups is 1. The van der Waals surface area contributed by atoms with Crippen LogP contribution in [-0.4, -0.2) is 60.3 Å². The summed E-state index contributed by atoms with van der Waals surface area (Å²) in [6.45, 7) is 4.58. The molecule has 0 unspecified atom stereocenters. The Morgan fingerprint density at radius 2 is 1.95 bits per heavy atom. The van der Waals surface area contributed by atoms with E-state index in [2.05, 4.69) is 27.6 Å². The lowest BCUT2D eigenvalue weighted by atomic mass is 10.0. The Morgan fingerprint density at radius 1 is 1.18 bits per heavy atom. The first-order valence-corrected chi connectivity index (χ1v) is 13.2. The summed E-state index contributed by atoms with van der Waals surface area (Å²) in [5.41, 5.74) is 7.22. The van der Waals surface area contributed by atoms with Gasteiger partial charge in [0.15, 0.2) is 11.6 Å². The molecule has 5 rings (SSSR count). The van der Waals surface area contributed by atoms with Crippen molar-refractivity contribution in [2.75, 3.05) is 36.5 Å². The third-order valence-electron chi connectivity index (χ3n) is 7.42. The van der Waals surface area contributed by atoms with Crippen LogP contribution in [-0.2, 0) is 4.74 Å². The highest BCUT2D eigenvalue weighted by molar-refractivity contribution is 6.07. The van der Waals surface area contributed by atoms with Crippen molar-refractivity contribution in [2.45, 2.75) is 31.8 Å². The second kappa shape index (κ2) is 11.6. The van der Waals surface area contributed by atoms with Crippen LogP contribution >= 0.6 is 0 Å². The first kappa shape index (κ1) is 27.6. The van der Waals surface area contributed by atoms with Gasteiger partial charge >= 0.3 is 0 Å². The number of nitrogens with one attached hydrogen (secondary N) is 2. The van der Waals surface area contributed by atoms with Gasteiger partial charge < -0.3 is 31.4 Å². The van der Waals surface area contributed by atoms with Crippen LogP contribution in [0, 0.1) is 23.0 Å². The molecule has 6 N–H and O–H groups in total. The number of hydrogen-bond acceptors (Lipinski definition) is 7. The molecule has 1 amide bonds. The number of halogens is 2. The molecule has 3 heterocycles. The first-order chi connectivity index (χ1) is 19.3. The van der Waals surface area contributed by atoms with Crippen LogP contribution in [0.4, 0.5) is 25.8 Å². The van der Waals surface area contributed by atoms with E-state index in [1.807, 2.05) is 6.07 Å². The van der Waals surface area contributed by atoms with Crippen LogP contribution in [0.1, 0.15) is 35.8 Å². The van der Waals surface area contributed by atoms with E-state index in [0.717, 1.165) is 43.3 Å². The van der Waals surface area contributed by atoms with Crippen molar-refractivity contribution in [1.82, 2.24) is 9.78 Å². The molecule has 2 saturated heterocycles. The van der Waals surface area contributed by atoms with Crippen molar-refractivity contribution in [1.29, 1.82) is 5.41 Å². The number of nitrogens with two attached hydrogens (primary N) is 2. The van der Waals surface area contributed by atoms with Crippen LogP contribution in [0.2, 0.25) is 0 Å². The second-order valence-electron chi connectivity index (χ2n) is 10.3. The molecular weight excluding hydrogens is 520 g/mol. The predicted octanol–water partition coefficient (Wildman–Crippen LogP) is 1.92. The van der Waals surface area contributed by atoms with Crippen molar-refractivity contribution >= 4 is 29.2 Å². The van der Waals surface area contributed by atoms with Gasteiger partial charge in [0.1, 0.15) is 23.1 Å². The van der Waals surface area contributed by atoms with Gasteiger partial charge in [0.25, 0.3) is 11.5 Å². The molecule has 0 radical (unpaired) electrons. The summed E-state index contributed by atoms with van der Waals surface area (Å²) in [6, 6.07) is 9.15. The van der Waals surface area contributed by atoms with Gasteiger partial charge in [0, 0.05) is 50.5 Å². The summed E-state index contributed by atoms with van der Waals surface area (Å²) in [4.78, 5) is 27.8. The maximum atomic E-state index is 14.4. The number of aromatic nitrogens is 2. The molecular formula is C28H32F2N7O3+. The Kier molecular flexibility index (Phi) is 8.01. The predicted molar refractivity (Wildman–Crippen MR) is 147 cm³/mol. The van der Waals surface area contributed by atoms with Gasteiger partial charge in [0.05, 0.1) is 23.5 Å². The molecule has 0 saturated carbocycles. The zero-order chi connectivity index (χ0) is 28.4. The van der Waals surface area contributed by atoms with Crippen LogP contribution in [0.15, 0.2) is 47.3 Å². The lowest BCUT2D eigenvalue weighted by Gasteiger charge is -2.26. The smallest absolute Gasteiger partial charge is 0.276 e. The Hall–Kier alpha value is -4.00. The highest BCUT2D eigenvalue weighted by Gasteiger charge is 2.32. The summed E-state index contributed by atoms with van der Waals surface area (Å²) >= 11 is 0. The van der Waals surface area contributed by atoms with E-state index in [1.54, 1.807) is 6.07 Å². The summed E-state index contributed by atoms with van der Waals surface area (Å²) in [7, 11) is 0. The van der Waals surface area contributed by atoms with Gasteiger partial charge in [-0.1, -0.05) is 13.0 Å². The molecule has 2 aliphatic rings. The van der Waals surface area contributed by atoms with Crippen molar-refractivity contribution in [3.05, 3.63) is 75.7 Å². The molecule has 12 heteroatoms. The van der Waals surface area contributed by atoms with E-state index in [0.29, 0.717) is 41.3 Å². The quantitative estimate of drug-likeness (QED) is 0.261. The van der Waals surface area contributed by atoms with E-state index >= 15 is 0 Å². The van der Waals surface area contributed by atoms with Crippen molar-refractivity contribution < 1.29 is 23.6 Å². The number of para-hydroxylation sites is 1. The molecule has 0 bridgehead atoms. The highest BCUT2D eigenvalue weighted by Crippen LogP contribution is 2.36. The van der Waals surface area contributed by atoms with Crippen molar-refractivity contribution in [2.24, 2.45) is 11.7 Å². The number of nitrogens with zero attached hydrogens (tertiary/aromatic N) is 3. The van der Waals surface area contributed by atoms with Crippen LogP contribution in [0.5, 0.6) is 0 Å². The van der Waals surface area contributed by atoms with Crippen LogP contribution in [0.3, 0.4) is 0 Å². The fourth-order valence-electron chi connectivity index (χ4n) is 5.26. The van der Waals surface area contributed by atoms with Crippen LogP contribution < -0.4 is 26.8 Å². The largest absolute Gasteiger partial charge is 0.375 e. The second-order valence-corrected chi connectivity index (χ2v) is 10.3. The number of quaternary nitrogens is 1. The lowest BCUT2D eigenvalue weighted by molar-refractivity contribution is -0.617. The minimum atomic E-state index is -0.986. The van der Waals surface area contributed by atoms with Crippen LogP contribution in [0.25, 0.3) is 5.69 Å². The molecule has 3 aromatic rings. The standard InChI is InChI=1S/C28H31F2N7O3/c1-16-13-36(14-21(16)32)26-18(12-31)22(33-17-4-3-11-40-15-17)7-8-23(26)34-28(39)24-9-10-25(38)37(35-24)27-19(29)5-2-6-20(27)30/h2,5-10,12,16-17,21,31,33H,3-4,11,13-15,32H2,1H3,(H,34,39)/p+1/t16-,17-,21+/m1/s1. The van der Waals surface area contributed by atoms with Gasteiger partial charge in [0.2, 0.25) is 0 Å². The molecule has 2 fully saturated rings. The minimum Gasteiger partial charge on any atom is -0.375 e. The Balaban J connectivity index is 1.51. The maximum absolute atomic E-state index is 14.4. The van der Waals surface area contributed by atoms with E-state index in [1.165, 1.54) is 18.3 Å². The lowest BCUT2D eigenvalue weighted by Crippen LogP contribution is -2.86. The van der Waals surface area contributed by atoms with Crippen molar-refractivity contribution in [3.63, 3.8) is 0 Å². The monoisotopic (exact) mass is 552 g/mol.